The number of hydrogen-bond acceptors (Lipinski definition) is 4. The van der Waals surface area contributed by atoms with E-state index in [0.29, 0.717) is 30.4 Å². The van der Waals surface area contributed by atoms with Gasteiger partial charge in [-0.3, -0.25) is 9.69 Å². The molecule has 136 valence electrons. The number of phenols is 1. The third-order valence-corrected chi connectivity index (χ3v) is 5.87. The number of nitrogens with zero attached hydrogens (tertiary/aromatic N) is 1. The van der Waals surface area contributed by atoms with Crippen LogP contribution in [0, 0.1) is 11.8 Å². The molecule has 0 aromatic heterocycles. The molecule has 0 unspecified atom stereocenters. The topological polar surface area (TPSA) is 60.8 Å². The molecule has 2 aromatic rings. The Labute approximate surface area is 154 Å². The molecule has 2 N–H and O–H groups in total. The lowest BCUT2D eigenvalue weighted by molar-refractivity contribution is 0.0355. The molecule has 1 saturated heterocycles. The van der Waals surface area contributed by atoms with Gasteiger partial charge in [-0.25, -0.2) is 0 Å². The van der Waals surface area contributed by atoms with Crippen molar-refractivity contribution in [2.24, 2.45) is 11.8 Å². The van der Waals surface area contributed by atoms with Gasteiger partial charge in [0.1, 0.15) is 5.75 Å². The van der Waals surface area contributed by atoms with Crippen LogP contribution in [0.25, 0.3) is 0 Å². The van der Waals surface area contributed by atoms with E-state index in [1.165, 1.54) is 5.56 Å². The molecule has 4 nitrogen and oxygen atoms in total. The van der Waals surface area contributed by atoms with Crippen LogP contribution in [0.4, 0.5) is 0 Å². The number of phenolic OH excluding ortho intramolecular Hbond substituents is 1. The van der Waals surface area contributed by atoms with Crippen LogP contribution in [0.2, 0.25) is 0 Å². The van der Waals surface area contributed by atoms with Gasteiger partial charge < -0.3 is 10.2 Å². The molecule has 26 heavy (non-hydrogen) atoms. The molecule has 1 aliphatic carbocycles. The van der Waals surface area contributed by atoms with Crippen molar-refractivity contribution in [3.63, 3.8) is 0 Å². The van der Waals surface area contributed by atoms with E-state index < -0.39 is 5.60 Å². The molecule has 3 atom stereocenters. The van der Waals surface area contributed by atoms with Crippen LogP contribution < -0.4 is 0 Å². The number of carbonyl (C=O) groups is 1. The molecule has 0 bridgehead atoms. The van der Waals surface area contributed by atoms with Gasteiger partial charge in [-0.2, -0.15) is 0 Å². The largest absolute Gasteiger partial charge is 0.508 e. The number of hydrogen-bond donors (Lipinski definition) is 2. The van der Waals surface area contributed by atoms with Gasteiger partial charge in [0.05, 0.1) is 12.1 Å². The monoisotopic (exact) mass is 351 g/mol. The van der Waals surface area contributed by atoms with Crippen molar-refractivity contribution in [2.45, 2.75) is 24.9 Å². The number of aromatic hydroxyl groups is 1. The molecule has 4 heteroatoms. The minimum absolute atomic E-state index is 0.0875. The van der Waals surface area contributed by atoms with E-state index in [2.05, 4.69) is 17.0 Å². The van der Waals surface area contributed by atoms with Crippen molar-refractivity contribution < 1.29 is 15.0 Å². The maximum Gasteiger partial charge on any atom is 0.176 e. The number of ketones is 1. The molecule has 2 fully saturated rings. The van der Waals surface area contributed by atoms with Crippen LogP contribution in [0.5, 0.6) is 5.75 Å². The van der Waals surface area contributed by atoms with Crippen molar-refractivity contribution in [3.05, 3.63) is 65.7 Å². The van der Waals surface area contributed by atoms with Gasteiger partial charge in [-0.05, 0) is 54.5 Å². The van der Waals surface area contributed by atoms with Crippen molar-refractivity contribution >= 4 is 5.78 Å². The Morgan fingerprint density at radius 3 is 2.23 bits per heavy atom. The zero-order valence-corrected chi connectivity index (χ0v) is 14.8. The van der Waals surface area contributed by atoms with Crippen molar-refractivity contribution in [3.8, 4) is 5.75 Å². The summed E-state index contributed by atoms with van der Waals surface area (Å²) in [4.78, 5) is 14.6. The summed E-state index contributed by atoms with van der Waals surface area (Å²) in [6, 6.07) is 16.6. The lowest BCUT2D eigenvalue weighted by Crippen LogP contribution is -2.34. The average Bonchev–Trinajstić information content (AvgIpc) is 3.10. The lowest BCUT2D eigenvalue weighted by atomic mass is 9.91. The van der Waals surface area contributed by atoms with Gasteiger partial charge in [-0.1, -0.05) is 30.3 Å². The highest BCUT2D eigenvalue weighted by atomic mass is 16.3. The molecule has 1 saturated carbocycles. The van der Waals surface area contributed by atoms with Gasteiger partial charge in [0.15, 0.2) is 5.78 Å². The molecule has 1 heterocycles. The van der Waals surface area contributed by atoms with Crippen LogP contribution in [0.3, 0.4) is 0 Å². The number of likely N-dealkylation sites (tertiary alicyclic amines) is 1. The predicted molar refractivity (Wildman–Crippen MR) is 100 cm³/mol. The summed E-state index contributed by atoms with van der Waals surface area (Å²) < 4.78 is 0. The Morgan fingerprint density at radius 2 is 1.62 bits per heavy atom. The maximum atomic E-state index is 12.4. The molecule has 0 amide bonds. The molecule has 0 spiro atoms. The molecular formula is C22H25NO3. The Kier molecular flexibility index (Phi) is 4.55. The molecule has 1 aliphatic heterocycles. The van der Waals surface area contributed by atoms with E-state index in [-0.39, 0.29) is 11.5 Å². The summed E-state index contributed by atoms with van der Waals surface area (Å²) in [5.74, 6) is 1.20. The fraction of sp³-hybridized carbons (Fsp3) is 0.409. The van der Waals surface area contributed by atoms with Crippen molar-refractivity contribution in [1.29, 1.82) is 0 Å². The highest BCUT2D eigenvalue weighted by Gasteiger charge is 2.48. The van der Waals surface area contributed by atoms with Crippen LogP contribution >= 0.6 is 0 Å². The smallest absolute Gasteiger partial charge is 0.176 e. The van der Waals surface area contributed by atoms with Crippen LogP contribution in [0.15, 0.2) is 54.6 Å². The SMILES string of the molecule is O=C(CN1C[C@@H]2C[C@@](O)(Cc3ccccc3)C[C@@H]2C1)c1ccc(O)cc1. The fourth-order valence-corrected chi connectivity index (χ4v) is 4.75. The molecule has 4 rings (SSSR count). The summed E-state index contributed by atoms with van der Waals surface area (Å²) in [6.07, 6.45) is 2.35. The number of rotatable bonds is 5. The summed E-state index contributed by atoms with van der Waals surface area (Å²) >= 11 is 0. The molecule has 2 aliphatic rings. The van der Waals surface area contributed by atoms with Crippen LogP contribution in [-0.2, 0) is 6.42 Å². The third-order valence-electron chi connectivity index (χ3n) is 5.87. The number of Topliss-reactive ketones (excluding diaryl/α,β-unsaturated/α-hetero) is 1. The van der Waals surface area contributed by atoms with Gasteiger partial charge in [0.2, 0.25) is 0 Å². The second-order valence-corrected chi connectivity index (χ2v) is 7.98. The standard InChI is InChI=1S/C22H25NO3/c24-20-8-6-17(7-9-20)21(25)15-23-13-18-11-22(26,12-19(18)14-23)10-16-4-2-1-3-5-16/h1-9,18-19,24,26H,10-15H2/t18-,19+,22-. The first-order chi connectivity index (χ1) is 12.5. The summed E-state index contributed by atoms with van der Waals surface area (Å²) in [5.41, 5.74) is 1.22. The highest BCUT2D eigenvalue weighted by molar-refractivity contribution is 5.97. The lowest BCUT2D eigenvalue weighted by Gasteiger charge is -2.26. The zero-order valence-electron chi connectivity index (χ0n) is 14.8. The first kappa shape index (κ1) is 17.3. The van der Waals surface area contributed by atoms with Gasteiger partial charge >= 0.3 is 0 Å². The first-order valence-corrected chi connectivity index (χ1v) is 9.32. The Bertz CT molecular complexity index is 758. The molecule has 2 aromatic carbocycles. The quantitative estimate of drug-likeness (QED) is 0.813. The second-order valence-electron chi connectivity index (χ2n) is 7.98. The molecular weight excluding hydrogens is 326 g/mol. The number of benzene rings is 2. The van der Waals surface area contributed by atoms with E-state index in [1.807, 2.05) is 18.2 Å². The van der Waals surface area contributed by atoms with E-state index >= 15 is 0 Å². The fourth-order valence-electron chi connectivity index (χ4n) is 4.75. The average molecular weight is 351 g/mol. The van der Waals surface area contributed by atoms with Crippen molar-refractivity contribution in [1.82, 2.24) is 4.90 Å². The molecule has 0 radical (unpaired) electrons. The zero-order chi connectivity index (χ0) is 18.1. The minimum Gasteiger partial charge on any atom is -0.508 e. The summed E-state index contributed by atoms with van der Waals surface area (Å²) in [5, 5.41) is 20.4. The summed E-state index contributed by atoms with van der Waals surface area (Å²) in [7, 11) is 0. The number of fused-ring (bicyclic) bond motifs is 1. The minimum atomic E-state index is -0.607. The van der Waals surface area contributed by atoms with Gasteiger partial charge in [0, 0.05) is 25.1 Å². The second kappa shape index (κ2) is 6.86. The Hall–Kier alpha value is -2.17. The van der Waals surface area contributed by atoms with E-state index in [9.17, 15) is 15.0 Å². The van der Waals surface area contributed by atoms with Crippen molar-refractivity contribution in [2.75, 3.05) is 19.6 Å². The maximum absolute atomic E-state index is 12.4. The van der Waals surface area contributed by atoms with Crippen LogP contribution in [-0.4, -0.2) is 46.1 Å². The van der Waals surface area contributed by atoms with Gasteiger partial charge in [0.25, 0.3) is 0 Å². The highest BCUT2D eigenvalue weighted by Crippen LogP contribution is 2.45. The normalized spacial score (nSPS) is 28.2. The van der Waals surface area contributed by atoms with E-state index in [1.54, 1.807) is 24.3 Å². The first-order valence-electron chi connectivity index (χ1n) is 9.32. The van der Waals surface area contributed by atoms with Crippen LogP contribution in [0.1, 0.15) is 28.8 Å². The van der Waals surface area contributed by atoms with Gasteiger partial charge in [-0.15, -0.1) is 0 Å². The number of carbonyl (C=O) groups excluding carboxylic acids is 1. The Morgan fingerprint density at radius 1 is 1.00 bits per heavy atom. The number of aliphatic hydroxyl groups is 1. The van der Waals surface area contributed by atoms with E-state index in [4.69, 9.17) is 0 Å². The Balaban J connectivity index is 1.33. The predicted octanol–water partition coefficient (Wildman–Crippen LogP) is 2.89. The van der Waals surface area contributed by atoms with E-state index in [0.717, 1.165) is 25.9 Å². The summed E-state index contributed by atoms with van der Waals surface area (Å²) in [6.45, 7) is 2.17. The third kappa shape index (κ3) is 3.67.